The van der Waals surface area contributed by atoms with Gasteiger partial charge in [-0.05, 0) is 37.3 Å². The van der Waals surface area contributed by atoms with E-state index >= 15 is 0 Å². The monoisotopic (exact) mass is 362 g/mol. The Morgan fingerprint density at radius 3 is 2.46 bits per heavy atom. The van der Waals surface area contributed by atoms with Crippen molar-refractivity contribution in [1.29, 1.82) is 0 Å². The van der Waals surface area contributed by atoms with Crippen LogP contribution in [0.15, 0.2) is 42.5 Å². The summed E-state index contributed by atoms with van der Waals surface area (Å²) < 4.78 is 41.2. The number of Topliss-reactive ketones (excluding diaryl/α,β-unsaturated/α-hetero) is 1. The molecule has 1 fully saturated rings. The third-order valence-corrected chi connectivity index (χ3v) is 4.22. The van der Waals surface area contributed by atoms with E-state index in [-0.39, 0.29) is 11.1 Å². The summed E-state index contributed by atoms with van der Waals surface area (Å²) in [6, 6.07) is 6.69. The third-order valence-electron chi connectivity index (χ3n) is 4.22. The van der Waals surface area contributed by atoms with Crippen molar-refractivity contribution in [1.82, 2.24) is 10.2 Å². The fraction of sp³-hybridized carbons (Fsp3) is 0.167. The molecule has 2 aromatic carbocycles. The molecule has 0 radical (unpaired) electrons. The zero-order chi connectivity index (χ0) is 19.1. The molecule has 0 aromatic heterocycles. The van der Waals surface area contributed by atoms with Gasteiger partial charge in [-0.25, -0.2) is 18.0 Å². The van der Waals surface area contributed by atoms with Gasteiger partial charge >= 0.3 is 6.03 Å². The van der Waals surface area contributed by atoms with E-state index in [4.69, 9.17) is 0 Å². The first kappa shape index (κ1) is 17.7. The smallest absolute Gasteiger partial charge is 0.319 e. The van der Waals surface area contributed by atoms with Crippen molar-refractivity contribution in [3.8, 4) is 0 Å². The maximum atomic E-state index is 14.1. The second kappa shape index (κ2) is 6.29. The van der Waals surface area contributed by atoms with Crippen LogP contribution in [0.2, 0.25) is 0 Å². The van der Waals surface area contributed by atoms with Crippen LogP contribution >= 0.6 is 0 Å². The minimum Gasteiger partial charge on any atom is -0.319 e. The van der Waals surface area contributed by atoms with Crippen molar-refractivity contribution in [3.05, 3.63) is 71.0 Å². The van der Waals surface area contributed by atoms with Gasteiger partial charge in [0, 0.05) is 5.56 Å². The summed E-state index contributed by atoms with van der Waals surface area (Å²) in [5.41, 5.74) is -2.52. The van der Waals surface area contributed by atoms with Gasteiger partial charge in [-0.15, -0.1) is 0 Å². The van der Waals surface area contributed by atoms with Crippen molar-refractivity contribution >= 4 is 17.7 Å². The van der Waals surface area contributed by atoms with E-state index < -0.39 is 47.3 Å². The van der Waals surface area contributed by atoms with Gasteiger partial charge in [-0.2, -0.15) is 0 Å². The summed E-state index contributed by atoms with van der Waals surface area (Å²) in [4.78, 5) is 37.6. The number of carbonyl (C=O) groups excluding carboxylic acids is 3. The number of hydrogen-bond donors (Lipinski definition) is 1. The molecule has 26 heavy (non-hydrogen) atoms. The minimum absolute atomic E-state index is 0.279. The molecule has 1 saturated heterocycles. The van der Waals surface area contributed by atoms with Crippen molar-refractivity contribution in [2.75, 3.05) is 6.54 Å². The van der Waals surface area contributed by atoms with E-state index in [0.29, 0.717) is 4.90 Å². The molecule has 0 aliphatic carbocycles. The van der Waals surface area contributed by atoms with Crippen molar-refractivity contribution in [2.45, 2.75) is 12.5 Å². The molecule has 1 N–H and O–H groups in total. The molecular weight excluding hydrogens is 349 g/mol. The zero-order valence-electron chi connectivity index (χ0n) is 13.6. The van der Waals surface area contributed by atoms with Crippen LogP contribution in [0.5, 0.6) is 0 Å². The SMILES string of the molecule is C[C@]1(c2cc(F)ccc2F)NC(=O)N(CC(=O)c2ccccc2F)C1=O. The normalized spacial score (nSPS) is 19.6. The first-order chi connectivity index (χ1) is 12.2. The molecule has 3 amide bonds. The average Bonchev–Trinajstić information content (AvgIpc) is 2.81. The Hall–Kier alpha value is -3.16. The fourth-order valence-electron chi connectivity index (χ4n) is 2.82. The molecule has 134 valence electrons. The Kier molecular flexibility index (Phi) is 4.27. The predicted octanol–water partition coefficient (Wildman–Crippen LogP) is 2.75. The number of hydrogen-bond acceptors (Lipinski definition) is 3. The standard InChI is InChI=1S/C18H13F3N2O3/c1-18(12-8-10(19)6-7-14(12)21)16(25)23(17(26)22-18)9-15(24)11-4-2-3-5-13(11)20/h2-8H,9H2,1H3,(H,22,26)/t18-/m1/s1. The number of imide groups is 1. The van der Waals surface area contributed by atoms with Gasteiger partial charge < -0.3 is 5.32 Å². The molecule has 0 bridgehead atoms. The highest BCUT2D eigenvalue weighted by Crippen LogP contribution is 2.31. The molecule has 1 aliphatic rings. The number of carbonyl (C=O) groups is 3. The van der Waals surface area contributed by atoms with Crippen molar-refractivity contribution in [2.24, 2.45) is 0 Å². The van der Waals surface area contributed by atoms with Crippen LogP contribution in [-0.2, 0) is 10.3 Å². The molecule has 8 heteroatoms. The average molecular weight is 362 g/mol. The van der Waals surface area contributed by atoms with Crippen LogP contribution in [0.4, 0.5) is 18.0 Å². The molecule has 0 spiro atoms. The van der Waals surface area contributed by atoms with E-state index in [0.717, 1.165) is 24.3 Å². The number of benzene rings is 2. The van der Waals surface area contributed by atoms with Crippen LogP contribution in [0.3, 0.4) is 0 Å². The number of urea groups is 1. The summed E-state index contributed by atoms with van der Waals surface area (Å²) in [5.74, 6) is -4.19. The number of halogens is 3. The van der Waals surface area contributed by atoms with Crippen LogP contribution in [-0.4, -0.2) is 29.2 Å². The quantitative estimate of drug-likeness (QED) is 0.672. The number of rotatable bonds is 4. The van der Waals surface area contributed by atoms with Gasteiger partial charge in [-0.3, -0.25) is 14.5 Å². The summed E-state index contributed by atoms with van der Waals surface area (Å²) >= 11 is 0. The second-order valence-corrected chi connectivity index (χ2v) is 5.97. The zero-order valence-corrected chi connectivity index (χ0v) is 13.6. The minimum atomic E-state index is -1.88. The molecule has 2 aromatic rings. The fourth-order valence-corrected chi connectivity index (χ4v) is 2.82. The van der Waals surface area contributed by atoms with Crippen LogP contribution in [0.1, 0.15) is 22.8 Å². The van der Waals surface area contributed by atoms with Crippen LogP contribution in [0.25, 0.3) is 0 Å². The molecule has 1 heterocycles. The lowest BCUT2D eigenvalue weighted by atomic mass is 9.91. The predicted molar refractivity (Wildman–Crippen MR) is 84.7 cm³/mol. The summed E-state index contributed by atoms with van der Waals surface area (Å²) in [5, 5.41) is 2.27. The Balaban J connectivity index is 1.91. The van der Waals surface area contributed by atoms with Crippen LogP contribution in [0, 0.1) is 17.5 Å². The van der Waals surface area contributed by atoms with E-state index in [2.05, 4.69) is 5.32 Å². The molecule has 1 atom stereocenters. The number of nitrogens with one attached hydrogen (secondary N) is 1. The Bertz CT molecular complexity index is 932. The molecule has 3 rings (SSSR count). The molecule has 1 aliphatic heterocycles. The van der Waals surface area contributed by atoms with E-state index in [1.807, 2.05) is 0 Å². The summed E-state index contributed by atoms with van der Waals surface area (Å²) in [6.07, 6.45) is 0. The number of nitrogens with zero attached hydrogens (tertiary/aromatic N) is 1. The van der Waals surface area contributed by atoms with E-state index in [1.165, 1.54) is 25.1 Å². The maximum absolute atomic E-state index is 14.1. The van der Waals surface area contributed by atoms with E-state index in [9.17, 15) is 27.6 Å². The lowest BCUT2D eigenvalue weighted by Crippen LogP contribution is -2.42. The first-order valence-corrected chi connectivity index (χ1v) is 7.61. The topological polar surface area (TPSA) is 66.5 Å². The highest BCUT2D eigenvalue weighted by atomic mass is 19.1. The molecular formula is C18H13F3N2O3. The first-order valence-electron chi connectivity index (χ1n) is 7.61. The largest absolute Gasteiger partial charge is 0.325 e. The van der Waals surface area contributed by atoms with E-state index in [1.54, 1.807) is 0 Å². The Morgan fingerprint density at radius 2 is 1.77 bits per heavy atom. The lowest BCUT2D eigenvalue weighted by molar-refractivity contribution is -0.130. The molecule has 0 unspecified atom stereocenters. The number of amides is 3. The van der Waals surface area contributed by atoms with Crippen molar-refractivity contribution < 1.29 is 27.6 Å². The van der Waals surface area contributed by atoms with Crippen molar-refractivity contribution in [3.63, 3.8) is 0 Å². The third kappa shape index (κ3) is 2.83. The van der Waals surface area contributed by atoms with Gasteiger partial charge in [0.05, 0.1) is 12.1 Å². The highest BCUT2D eigenvalue weighted by molar-refractivity contribution is 6.11. The van der Waals surface area contributed by atoms with Gasteiger partial charge in [0.2, 0.25) is 0 Å². The Labute approximate surface area is 146 Å². The van der Waals surface area contributed by atoms with Gasteiger partial charge in [0.1, 0.15) is 23.0 Å². The van der Waals surface area contributed by atoms with Gasteiger partial charge in [-0.1, -0.05) is 12.1 Å². The molecule has 0 saturated carbocycles. The van der Waals surface area contributed by atoms with Gasteiger partial charge in [0.25, 0.3) is 5.91 Å². The summed E-state index contributed by atoms with van der Waals surface area (Å²) in [7, 11) is 0. The lowest BCUT2D eigenvalue weighted by Gasteiger charge is -2.22. The Morgan fingerprint density at radius 1 is 1.08 bits per heavy atom. The number of ketones is 1. The van der Waals surface area contributed by atoms with Gasteiger partial charge in [0.15, 0.2) is 5.78 Å². The summed E-state index contributed by atoms with van der Waals surface area (Å²) in [6.45, 7) is 0.483. The maximum Gasteiger partial charge on any atom is 0.325 e. The highest BCUT2D eigenvalue weighted by Gasteiger charge is 2.50. The van der Waals surface area contributed by atoms with Crippen LogP contribution < -0.4 is 5.32 Å². The molecule has 5 nitrogen and oxygen atoms in total. The second-order valence-electron chi connectivity index (χ2n) is 5.97.